The van der Waals surface area contributed by atoms with Gasteiger partial charge in [-0.15, -0.1) is 0 Å². The first-order valence-corrected chi connectivity index (χ1v) is 9.86. The Morgan fingerprint density at radius 2 is 2.03 bits per heavy atom. The topological polar surface area (TPSA) is 45.3 Å². The maximum Gasteiger partial charge on any atom is 0.416 e. The molecule has 4 rings (SSSR count). The van der Waals surface area contributed by atoms with Crippen molar-refractivity contribution in [1.82, 2.24) is 9.88 Å². The van der Waals surface area contributed by atoms with E-state index in [9.17, 15) is 18.0 Å². The molecule has 1 unspecified atom stereocenters. The molecule has 1 aromatic heterocycles. The first kappa shape index (κ1) is 22.2. The number of fused-ring (bicyclic) bond motifs is 3. The number of nitrogens with one attached hydrogen (secondary N) is 1. The fourth-order valence-corrected chi connectivity index (χ4v) is 3.93. The summed E-state index contributed by atoms with van der Waals surface area (Å²) >= 11 is 6.12. The van der Waals surface area contributed by atoms with Crippen molar-refractivity contribution in [3.8, 4) is 0 Å². The summed E-state index contributed by atoms with van der Waals surface area (Å²) in [6.45, 7) is 3.44. The zero-order chi connectivity index (χ0) is 21.9. The lowest BCUT2D eigenvalue weighted by atomic mass is 9.92. The highest BCUT2D eigenvalue weighted by Crippen LogP contribution is 2.39. The van der Waals surface area contributed by atoms with Crippen LogP contribution >= 0.6 is 11.6 Å². The predicted octanol–water partition coefficient (Wildman–Crippen LogP) is 5.60. The molecule has 1 atom stereocenters. The van der Waals surface area contributed by atoms with Crippen molar-refractivity contribution in [3.05, 3.63) is 69.9 Å². The summed E-state index contributed by atoms with van der Waals surface area (Å²) in [5.74, 6) is 0. The number of H-pyrrole nitrogens is 1. The van der Waals surface area contributed by atoms with Crippen LogP contribution in [0.25, 0.3) is 10.9 Å². The number of aromatic amines is 1. The Balaban J connectivity index is 0.000000461. The summed E-state index contributed by atoms with van der Waals surface area (Å²) in [4.78, 5) is 14.7. The van der Waals surface area contributed by atoms with Crippen molar-refractivity contribution >= 4 is 29.0 Å². The number of alkyl halides is 3. The van der Waals surface area contributed by atoms with E-state index in [-0.39, 0.29) is 6.04 Å². The maximum absolute atomic E-state index is 13.1. The summed E-state index contributed by atoms with van der Waals surface area (Å²) in [5.41, 5.74) is 3.06. The predicted molar refractivity (Wildman–Crippen MR) is 111 cm³/mol. The molecule has 1 aliphatic rings. The Hall–Kier alpha value is -2.51. The van der Waals surface area contributed by atoms with Gasteiger partial charge in [0.25, 0.3) is 6.47 Å². The molecule has 0 fully saturated rings. The third-order valence-electron chi connectivity index (χ3n) is 5.09. The van der Waals surface area contributed by atoms with Gasteiger partial charge in [-0.1, -0.05) is 23.7 Å². The molecule has 0 spiro atoms. The van der Waals surface area contributed by atoms with Crippen molar-refractivity contribution in [2.24, 2.45) is 0 Å². The van der Waals surface area contributed by atoms with Crippen LogP contribution in [0.4, 0.5) is 13.2 Å². The molecule has 2 heterocycles. The maximum atomic E-state index is 13.1. The number of ether oxygens (including phenoxy) is 1. The average molecular weight is 439 g/mol. The highest BCUT2D eigenvalue weighted by molar-refractivity contribution is 6.31. The van der Waals surface area contributed by atoms with E-state index < -0.39 is 11.7 Å². The third kappa shape index (κ3) is 4.63. The minimum Gasteiger partial charge on any atom is -0.468 e. The molecule has 8 heteroatoms. The molecule has 0 saturated heterocycles. The van der Waals surface area contributed by atoms with Crippen LogP contribution < -0.4 is 0 Å². The molecule has 160 valence electrons. The first-order chi connectivity index (χ1) is 14.3. The SMILES string of the molecule is CCOC=O.CN1CCc2c([nH]c3ccc(Cl)cc23)C1c1cccc(C(F)(F)F)c1. The number of likely N-dealkylation sites (N-methyl/N-ethyl adjacent to an activating group) is 1. The molecule has 0 radical (unpaired) electrons. The van der Waals surface area contributed by atoms with Crippen LogP contribution in [0.3, 0.4) is 0 Å². The third-order valence-corrected chi connectivity index (χ3v) is 5.33. The van der Waals surface area contributed by atoms with Crippen molar-refractivity contribution < 1.29 is 22.7 Å². The van der Waals surface area contributed by atoms with Gasteiger partial charge in [0.1, 0.15) is 0 Å². The van der Waals surface area contributed by atoms with E-state index in [4.69, 9.17) is 11.6 Å². The highest BCUT2D eigenvalue weighted by Gasteiger charge is 2.34. The number of hydrogen-bond donors (Lipinski definition) is 1. The van der Waals surface area contributed by atoms with Crippen LogP contribution in [0.1, 0.15) is 35.3 Å². The summed E-state index contributed by atoms with van der Waals surface area (Å²) in [5, 5.41) is 1.71. The lowest BCUT2D eigenvalue weighted by molar-refractivity contribution is -0.137. The van der Waals surface area contributed by atoms with Gasteiger partial charge in [-0.05, 0) is 61.9 Å². The summed E-state index contributed by atoms with van der Waals surface area (Å²) < 4.78 is 43.5. The van der Waals surface area contributed by atoms with Crippen LogP contribution in [-0.2, 0) is 22.1 Å². The Kier molecular flexibility index (Phi) is 6.73. The van der Waals surface area contributed by atoms with Crippen molar-refractivity contribution in [2.45, 2.75) is 25.6 Å². The number of carbonyl (C=O) groups is 1. The van der Waals surface area contributed by atoms with E-state index in [1.165, 1.54) is 12.1 Å². The van der Waals surface area contributed by atoms with Gasteiger partial charge < -0.3 is 9.72 Å². The quantitative estimate of drug-likeness (QED) is 0.542. The number of halogens is 4. The van der Waals surface area contributed by atoms with E-state index in [0.29, 0.717) is 23.7 Å². The molecular formula is C22H22ClF3N2O2. The highest BCUT2D eigenvalue weighted by atomic mass is 35.5. The standard InChI is InChI=1S/C19H16ClF3N2.C3H6O2/c1-25-8-7-14-15-10-13(20)5-6-16(15)24-17(14)18(25)11-3-2-4-12(9-11)19(21,22)23;1-2-5-3-4/h2-6,9-10,18,24H,7-8H2,1H3;3H,2H2,1H3. The molecular weight excluding hydrogens is 417 g/mol. The molecule has 1 N–H and O–H groups in total. The molecule has 1 aliphatic heterocycles. The van der Waals surface area contributed by atoms with Gasteiger partial charge in [0.05, 0.1) is 18.2 Å². The number of carbonyl (C=O) groups excluding carboxylic acids is 1. The molecule has 30 heavy (non-hydrogen) atoms. The van der Waals surface area contributed by atoms with Crippen molar-refractivity contribution in [2.75, 3.05) is 20.2 Å². The number of nitrogens with zero attached hydrogens (tertiary/aromatic N) is 1. The lowest BCUT2D eigenvalue weighted by Crippen LogP contribution is -2.32. The van der Waals surface area contributed by atoms with Crippen molar-refractivity contribution in [3.63, 3.8) is 0 Å². The summed E-state index contributed by atoms with van der Waals surface area (Å²) in [6, 6.07) is 11.0. The fourth-order valence-electron chi connectivity index (χ4n) is 3.76. The van der Waals surface area contributed by atoms with E-state index in [0.717, 1.165) is 41.2 Å². The Morgan fingerprint density at radius 3 is 2.67 bits per heavy atom. The molecule has 0 amide bonds. The largest absolute Gasteiger partial charge is 0.468 e. The van der Waals surface area contributed by atoms with Gasteiger partial charge in [-0.2, -0.15) is 13.2 Å². The lowest BCUT2D eigenvalue weighted by Gasteiger charge is -2.33. The molecule has 0 saturated carbocycles. The molecule has 3 aromatic rings. The number of hydrogen-bond acceptors (Lipinski definition) is 3. The van der Waals surface area contributed by atoms with Crippen LogP contribution in [0.15, 0.2) is 42.5 Å². The van der Waals surface area contributed by atoms with E-state index in [2.05, 4.69) is 14.6 Å². The molecule has 0 bridgehead atoms. The average Bonchev–Trinajstić information content (AvgIpc) is 3.06. The molecule has 4 nitrogen and oxygen atoms in total. The summed E-state index contributed by atoms with van der Waals surface area (Å²) in [7, 11) is 1.94. The number of aromatic nitrogens is 1. The Morgan fingerprint density at radius 1 is 1.27 bits per heavy atom. The normalized spacial score (nSPS) is 16.5. The van der Waals surface area contributed by atoms with Gasteiger partial charge in [0.2, 0.25) is 0 Å². The van der Waals surface area contributed by atoms with Gasteiger partial charge in [0, 0.05) is 28.2 Å². The van der Waals surface area contributed by atoms with E-state index in [1.54, 1.807) is 13.0 Å². The molecule has 0 aliphatic carbocycles. The van der Waals surface area contributed by atoms with Crippen LogP contribution in [0.5, 0.6) is 0 Å². The minimum absolute atomic E-state index is 0.239. The van der Waals surface area contributed by atoms with E-state index >= 15 is 0 Å². The smallest absolute Gasteiger partial charge is 0.416 e. The van der Waals surface area contributed by atoms with Gasteiger partial charge in [-0.25, -0.2) is 0 Å². The van der Waals surface area contributed by atoms with Gasteiger partial charge >= 0.3 is 6.18 Å². The second-order valence-electron chi connectivity index (χ2n) is 7.02. The van der Waals surface area contributed by atoms with Crippen molar-refractivity contribution in [1.29, 1.82) is 0 Å². The Labute approximate surface area is 177 Å². The van der Waals surface area contributed by atoms with Crippen LogP contribution in [0, 0.1) is 0 Å². The van der Waals surface area contributed by atoms with Crippen LogP contribution in [0.2, 0.25) is 5.02 Å². The zero-order valence-electron chi connectivity index (χ0n) is 16.6. The van der Waals surface area contributed by atoms with Crippen LogP contribution in [-0.4, -0.2) is 36.6 Å². The van der Waals surface area contributed by atoms with Gasteiger partial charge in [0.15, 0.2) is 0 Å². The van der Waals surface area contributed by atoms with E-state index in [1.807, 2.05) is 25.2 Å². The zero-order valence-corrected chi connectivity index (χ0v) is 17.3. The number of benzene rings is 2. The molecule has 2 aromatic carbocycles. The number of rotatable bonds is 3. The first-order valence-electron chi connectivity index (χ1n) is 9.49. The fraction of sp³-hybridized carbons (Fsp3) is 0.318. The Bertz CT molecular complexity index is 1030. The van der Waals surface area contributed by atoms with Gasteiger partial charge in [-0.3, -0.25) is 9.69 Å². The monoisotopic (exact) mass is 438 g/mol. The second kappa shape index (κ2) is 9.10. The second-order valence-corrected chi connectivity index (χ2v) is 7.45. The minimum atomic E-state index is -4.35. The summed E-state index contributed by atoms with van der Waals surface area (Å²) in [6.07, 6.45) is -3.51.